The lowest BCUT2D eigenvalue weighted by Crippen LogP contribution is -2.48. The number of nitrogens with one attached hydrogen (secondary N) is 1. The molecule has 2 N–H and O–H groups in total. The van der Waals surface area contributed by atoms with Gasteiger partial charge < -0.3 is 15.2 Å². The molecule has 1 atom stereocenters. The summed E-state index contributed by atoms with van der Waals surface area (Å²) in [6.07, 6.45) is 11.4. The Hall–Kier alpha value is -2.11. The van der Waals surface area contributed by atoms with Crippen molar-refractivity contribution in [1.29, 1.82) is 0 Å². The standard InChI is InChI=1S/C26H32FNO4/c27-21-9-22(32-13-26-10-14-5-15(11-26)7-16(6-14)12-26)19(17-1-2-17)8-20(21)24(29)28-23(25(30)31)18-3-4-18/h8-9,14-18,23H,1-7,10-13H2,(H,28,29)(H,30,31). The van der Waals surface area contributed by atoms with Crippen LogP contribution in [0.15, 0.2) is 12.1 Å². The number of amides is 1. The van der Waals surface area contributed by atoms with Gasteiger partial charge in [-0.3, -0.25) is 4.79 Å². The fourth-order valence-electron chi connectivity index (χ4n) is 7.31. The molecule has 6 heteroatoms. The van der Waals surface area contributed by atoms with Crippen molar-refractivity contribution in [1.82, 2.24) is 5.32 Å². The maximum atomic E-state index is 15.0. The first-order valence-corrected chi connectivity index (χ1v) is 12.4. The number of carboxylic acid groups (broad SMARTS) is 1. The van der Waals surface area contributed by atoms with E-state index in [0.29, 0.717) is 18.3 Å². The number of benzene rings is 1. The summed E-state index contributed by atoms with van der Waals surface area (Å²) in [5.74, 6) is 1.01. The molecule has 172 valence electrons. The van der Waals surface area contributed by atoms with E-state index in [1.807, 2.05) is 0 Å². The minimum atomic E-state index is -1.06. The van der Waals surface area contributed by atoms with Crippen molar-refractivity contribution in [3.8, 4) is 5.75 Å². The fourth-order valence-corrected chi connectivity index (χ4v) is 7.31. The highest BCUT2D eigenvalue weighted by Crippen LogP contribution is 2.60. The molecule has 0 spiro atoms. The van der Waals surface area contributed by atoms with E-state index < -0.39 is 23.7 Å². The van der Waals surface area contributed by atoms with Crippen LogP contribution in [0.4, 0.5) is 4.39 Å². The zero-order chi connectivity index (χ0) is 22.0. The van der Waals surface area contributed by atoms with E-state index in [2.05, 4.69) is 5.32 Å². The number of ether oxygens (including phenoxy) is 1. The molecule has 0 saturated heterocycles. The van der Waals surface area contributed by atoms with Gasteiger partial charge in [-0.25, -0.2) is 9.18 Å². The van der Waals surface area contributed by atoms with Crippen LogP contribution in [0.25, 0.3) is 0 Å². The summed E-state index contributed by atoms with van der Waals surface area (Å²) < 4.78 is 21.4. The summed E-state index contributed by atoms with van der Waals surface area (Å²) >= 11 is 0. The molecule has 5 nitrogen and oxygen atoms in total. The summed E-state index contributed by atoms with van der Waals surface area (Å²) in [4.78, 5) is 24.2. The lowest BCUT2D eigenvalue weighted by atomic mass is 9.50. The van der Waals surface area contributed by atoms with Crippen LogP contribution in [0.3, 0.4) is 0 Å². The van der Waals surface area contributed by atoms with E-state index in [-0.39, 0.29) is 16.9 Å². The van der Waals surface area contributed by atoms with E-state index in [1.165, 1.54) is 44.6 Å². The number of hydrogen-bond donors (Lipinski definition) is 2. The molecule has 6 saturated carbocycles. The van der Waals surface area contributed by atoms with Gasteiger partial charge in [-0.15, -0.1) is 0 Å². The second-order valence-electron chi connectivity index (χ2n) is 11.5. The number of aliphatic carboxylic acids is 1. The lowest BCUT2D eigenvalue weighted by Gasteiger charge is -2.56. The van der Waals surface area contributed by atoms with Crippen LogP contribution >= 0.6 is 0 Å². The Morgan fingerprint density at radius 1 is 1.06 bits per heavy atom. The summed E-state index contributed by atoms with van der Waals surface area (Å²) in [6.45, 7) is 0.643. The largest absolute Gasteiger partial charge is 0.493 e. The highest BCUT2D eigenvalue weighted by atomic mass is 19.1. The quantitative estimate of drug-likeness (QED) is 0.602. The maximum absolute atomic E-state index is 15.0. The average molecular weight is 442 g/mol. The Bertz CT molecular complexity index is 916. The van der Waals surface area contributed by atoms with Gasteiger partial charge in [0, 0.05) is 11.5 Å². The molecule has 1 aromatic carbocycles. The zero-order valence-electron chi connectivity index (χ0n) is 18.4. The highest BCUT2D eigenvalue weighted by molar-refractivity contribution is 5.97. The van der Waals surface area contributed by atoms with E-state index in [4.69, 9.17) is 4.74 Å². The molecule has 1 unspecified atom stereocenters. The molecule has 6 aliphatic carbocycles. The van der Waals surface area contributed by atoms with Crippen LogP contribution in [0, 0.1) is 34.9 Å². The average Bonchev–Trinajstić information content (AvgIpc) is 3.62. The molecule has 0 radical (unpaired) electrons. The first-order valence-electron chi connectivity index (χ1n) is 12.4. The molecule has 1 amide bonds. The van der Waals surface area contributed by atoms with Crippen LogP contribution in [-0.2, 0) is 4.79 Å². The minimum absolute atomic E-state index is 0.0506. The first-order chi connectivity index (χ1) is 15.4. The second kappa shape index (κ2) is 7.46. The summed E-state index contributed by atoms with van der Waals surface area (Å²) in [7, 11) is 0. The Morgan fingerprint density at radius 2 is 1.69 bits per heavy atom. The molecule has 0 heterocycles. The molecule has 0 aromatic heterocycles. The van der Waals surface area contributed by atoms with Gasteiger partial charge >= 0.3 is 5.97 Å². The van der Waals surface area contributed by atoms with Gasteiger partial charge in [-0.2, -0.15) is 0 Å². The topological polar surface area (TPSA) is 75.6 Å². The highest BCUT2D eigenvalue weighted by Gasteiger charge is 2.51. The zero-order valence-corrected chi connectivity index (χ0v) is 18.4. The van der Waals surface area contributed by atoms with Gasteiger partial charge in [0.15, 0.2) is 0 Å². The molecule has 4 bridgehead atoms. The summed E-state index contributed by atoms with van der Waals surface area (Å²) in [5.41, 5.74) is 1.07. The molecule has 32 heavy (non-hydrogen) atoms. The Morgan fingerprint density at radius 3 is 2.22 bits per heavy atom. The van der Waals surface area contributed by atoms with Crippen LogP contribution < -0.4 is 10.1 Å². The molecule has 6 fully saturated rings. The monoisotopic (exact) mass is 441 g/mol. The molecule has 1 aromatic rings. The van der Waals surface area contributed by atoms with E-state index in [1.54, 1.807) is 6.07 Å². The van der Waals surface area contributed by atoms with E-state index in [9.17, 15) is 14.7 Å². The van der Waals surface area contributed by atoms with Crippen LogP contribution in [-0.4, -0.2) is 29.6 Å². The van der Waals surface area contributed by atoms with E-state index >= 15 is 4.39 Å². The molecule has 7 rings (SSSR count). The Kier molecular flexibility index (Phi) is 4.78. The van der Waals surface area contributed by atoms with Crippen molar-refractivity contribution in [2.45, 2.75) is 76.2 Å². The predicted molar refractivity (Wildman–Crippen MR) is 116 cm³/mol. The van der Waals surface area contributed by atoms with Gasteiger partial charge in [-0.05, 0) is 105 Å². The molecule has 0 aliphatic heterocycles. The van der Waals surface area contributed by atoms with Gasteiger partial charge in [0.05, 0.1) is 12.2 Å². The summed E-state index contributed by atoms with van der Waals surface area (Å²) in [6, 6.07) is 2.04. The van der Waals surface area contributed by atoms with Crippen molar-refractivity contribution in [3.63, 3.8) is 0 Å². The van der Waals surface area contributed by atoms with Crippen molar-refractivity contribution in [2.75, 3.05) is 6.61 Å². The normalized spacial score (nSPS) is 33.7. The van der Waals surface area contributed by atoms with Crippen molar-refractivity contribution < 1.29 is 23.8 Å². The van der Waals surface area contributed by atoms with Crippen LogP contribution in [0.1, 0.15) is 86.0 Å². The number of carboxylic acids is 1. The fraction of sp³-hybridized carbons (Fsp3) is 0.692. The number of carbonyl (C=O) groups is 2. The third-order valence-corrected chi connectivity index (χ3v) is 8.71. The predicted octanol–water partition coefficient (Wildman–Crippen LogP) is 4.89. The van der Waals surface area contributed by atoms with Crippen molar-refractivity contribution >= 4 is 11.9 Å². The Balaban J connectivity index is 1.21. The van der Waals surface area contributed by atoms with Gasteiger partial charge in [-0.1, -0.05) is 0 Å². The van der Waals surface area contributed by atoms with Gasteiger partial charge in [0.25, 0.3) is 5.91 Å². The van der Waals surface area contributed by atoms with Crippen LogP contribution in [0.5, 0.6) is 5.75 Å². The third-order valence-electron chi connectivity index (χ3n) is 8.71. The number of rotatable bonds is 8. The molecular formula is C26H32FNO4. The Labute approximate surface area is 188 Å². The third kappa shape index (κ3) is 3.80. The van der Waals surface area contributed by atoms with Gasteiger partial charge in [0.2, 0.25) is 0 Å². The minimum Gasteiger partial charge on any atom is -0.493 e. The maximum Gasteiger partial charge on any atom is 0.326 e. The van der Waals surface area contributed by atoms with Crippen molar-refractivity contribution in [2.24, 2.45) is 29.1 Å². The second-order valence-corrected chi connectivity index (χ2v) is 11.5. The number of carbonyl (C=O) groups excluding carboxylic acids is 1. The van der Waals surface area contributed by atoms with Crippen molar-refractivity contribution in [3.05, 3.63) is 29.1 Å². The summed E-state index contributed by atoms with van der Waals surface area (Å²) in [5, 5.41) is 11.9. The van der Waals surface area contributed by atoms with Crippen LogP contribution in [0.2, 0.25) is 0 Å². The number of hydrogen-bond acceptors (Lipinski definition) is 3. The first kappa shape index (κ1) is 20.5. The van der Waals surface area contributed by atoms with Gasteiger partial charge in [0.1, 0.15) is 17.6 Å². The smallest absolute Gasteiger partial charge is 0.326 e. The molecular weight excluding hydrogens is 409 g/mol. The SMILES string of the molecule is O=C(NC(C(=O)O)C1CC1)c1cc(C2CC2)c(OCC23CC4CC(CC(C4)C2)C3)cc1F. The lowest BCUT2D eigenvalue weighted by molar-refractivity contribution is -0.139. The number of halogens is 1. The molecule has 6 aliphatic rings. The van der Waals surface area contributed by atoms with E-state index in [0.717, 1.165) is 49.0 Å².